The second-order valence-corrected chi connectivity index (χ2v) is 4.20. The Morgan fingerprint density at radius 1 is 1.29 bits per heavy atom. The molecule has 0 radical (unpaired) electrons. The number of imidazole rings is 1. The van der Waals surface area contributed by atoms with Crippen LogP contribution in [0.25, 0.3) is 5.65 Å². The molecule has 3 heterocycles. The molecule has 0 aliphatic carbocycles. The van der Waals surface area contributed by atoms with E-state index in [1.807, 2.05) is 16.6 Å². The zero-order valence-corrected chi connectivity index (χ0v) is 9.11. The molecule has 4 nitrogen and oxygen atoms in total. The van der Waals surface area contributed by atoms with E-state index < -0.39 is 0 Å². The van der Waals surface area contributed by atoms with Crippen LogP contribution in [0.4, 0.5) is 5.82 Å². The monoisotopic (exact) mass is 252 g/mol. The standard InChI is InChI=1S/C9H9BrN4/c10-7-6-11-8-2-3-9(12-14(7)8)13-4-1-5-13/h2-3,6H,1,4-5H2. The lowest BCUT2D eigenvalue weighted by Crippen LogP contribution is -2.37. The van der Waals surface area contributed by atoms with E-state index in [1.54, 1.807) is 6.20 Å². The van der Waals surface area contributed by atoms with E-state index in [9.17, 15) is 0 Å². The minimum Gasteiger partial charge on any atom is -0.355 e. The number of hydrogen-bond donors (Lipinski definition) is 0. The Kier molecular flexibility index (Phi) is 1.73. The third-order valence-corrected chi connectivity index (χ3v) is 3.03. The van der Waals surface area contributed by atoms with Crippen LogP contribution in [0.5, 0.6) is 0 Å². The van der Waals surface area contributed by atoms with Gasteiger partial charge in [0.25, 0.3) is 0 Å². The summed E-state index contributed by atoms with van der Waals surface area (Å²) in [4.78, 5) is 6.45. The minimum absolute atomic E-state index is 0.876. The fourth-order valence-electron chi connectivity index (χ4n) is 1.55. The third-order valence-electron chi connectivity index (χ3n) is 2.49. The first-order valence-corrected chi connectivity index (χ1v) is 5.39. The molecule has 1 fully saturated rings. The zero-order chi connectivity index (χ0) is 9.54. The first-order chi connectivity index (χ1) is 6.84. The van der Waals surface area contributed by atoms with Crippen LogP contribution >= 0.6 is 15.9 Å². The van der Waals surface area contributed by atoms with Crippen LogP contribution in [-0.2, 0) is 0 Å². The molecule has 5 heteroatoms. The third kappa shape index (κ3) is 1.12. The Morgan fingerprint density at radius 3 is 2.86 bits per heavy atom. The number of hydrogen-bond acceptors (Lipinski definition) is 3. The summed E-state index contributed by atoms with van der Waals surface area (Å²) in [5.41, 5.74) is 0.876. The quantitative estimate of drug-likeness (QED) is 0.775. The van der Waals surface area contributed by atoms with Gasteiger partial charge in [0.05, 0.1) is 6.20 Å². The Balaban J connectivity index is 2.13. The predicted octanol–water partition coefficient (Wildman–Crippen LogP) is 1.70. The Hall–Kier alpha value is -1.10. The van der Waals surface area contributed by atoms with Gasteiger partial charge in [0.15, 0.2) is 5.65 Å². The van der Waals surface area contributed by atoms with Gasteiger partial charge >= 0.3 is 0 Å². The van der Waals surface area contributed by atoms with Crippen molar-refractivity contribution in [1.82, 2.24) is 14.6 Å². The summed E-state index contributed by atoms with van der Waals surface area (Å²) < 4.78 is 2.71. The lowest BCUT2D eigenvalue weighted by molar-refractivity contribution is 0.602. The van der Waals surface area contributed by atoms with Crippen molar-refractivity contribution in [2.24, 2.45) is 0 Å². The summed E-state index contributed by atoms with van der Waals surface area (Å²) in [6.07, 6.45) is 3.03. The lowest BCUT2D eigenvalue weighted by Gasteiger charge is -2.31. The molecule has 1 aliphatic heterocycles. The highest BCUT2D eigenvalue weighted by atomic mass is 79.9. The van der Waals surface area contributed by atoms with E-state index in [-0.39, 0.29) is 0 Å². The van der Waals surface area contributed by atoms with E-state index in [0.29, 0.717) is 0 Å². The maximum absolute atomic E-state index is 4.49. The van der Waals surface area contributed by atoms with Crippen LogP contribution in [0, 0.1) is 0 Å². The van der Waals surface area contributed by atoms with Gasteiger partial charge in [-0.3, -0.25) is 0 Å². The number of nitrogens with zero attached hydrogens (tertiary/aromatic N) is 4. The highest BCUT2D eigenvalue weighted by Gasteiger charge is 2.16. The van der Waals surface area contributed by atoms with Crippen molar-refractivity contribution in [2.75, 3.05) is 18.0 Å². The molecular formula is C9H9BrN4. The summed E-state index contributed by atoms with van der Waals surface area (Å²) in [6.45, 7) is 2.23. The smallest absolute Gasteiger partial charge is 0.154 e. The highest BCUT2D eigenvalue weighted by Crippen LogP contribution is 2.19. The fourth-order valence-corrected chi connectivity index (χ4v) is 1.91. The van der Waals surface area contributed by atoms with Crippen LogP contribution in [-0.4, -0.2) is 27.7 Å². The minimum atomic E-state index is 0.876. The Bertz CT molecular complexity index is 475. The molecule has 0 unspecified atom stereocenters. The number of halogens is 1. The molecule has 14 heavy (non-hydrogen) atoms. The van der Waals surface area contributed by atoms with Crippen LogP contribution in [0.15, 0.2) is 22.9 Å². The molecule has 0 saturated carbocycles. The van der Waals surface area contributed by atoms with E-state index in [0.717, 1.165) is 29.2 Å². The molecule has 0 amide bonds. The highest BCUT2D eigenvalue weighted by molar-refractivity contribution is 9.10. The molecule has 2 aromatic rings. The SMILES string of the molecule is Brc1cnc2ccc(N3CCC3)nn12. The van der Waals surface area contributed by atoms with Crippen molar-refractivity contribution in [3.05, 3.63) is 22.9 Å². The van der Waals surface area contributed by atoms with Crippen LogP contribution < -0.4 is 4.90 Å². The van der Waals surface area contributed by atoms with Gasteiger partial charge in [-0.25, -0.2) is 9.50 Å². The maximum atomic E-state index is 4.49. The topological polar surface area (TPSA) is 33.4 Å². The summed E-state index contributed by atoms with van der Waals surface area (Å²) in [5.74, 6) is 1.03. The van der Waals surface area contributed by atoms with Gasteiger partial charge in [-0.05, 0) is 34.5 Å². The second kappa shape index (κ2) is 2.95. The molecule has 1 aliphatic rings. The van der Waals surface area contributed by atoms with Crippen LogP contribution in [0.2, 0.25) is 0 Å². The Morgan fingerprint density at radius 2 is 2.14 bits per heavy atom. The first kappa shape index (κ1) is 8.23. The van der Waals surface area contributed by atoms with Crippen molar-refractivity contribution in [2.45, 2.75) is 6.42 Å². The van der Waals surface area contributed by atoms with E-state index >= 15 is 0 Å². The molecule has 0 bridgehead atoms. The molecule has 0 atom stereocenters. The van der Waals surface area contributed by atoms with Crippen LogP contribution in [0.3, 0.4) is 0 Å². The lowest BCUT2D eigenvalue weighted by atomic mass is 10.2. The van der Waals surface area contributed by atoms with E-state index in [4.69, 9.17) is 0 Å². The van der Waals surface area contributed by atoms with Crippen molar-refractivity contribution < 1.29 is 0 Å². The summed E-state index contributed by atoms with van der Waals surface area (Å²) >= 11 is 3.41. The number of aromatic nitrogens is 3. The van der Waals surface area contributed by atoms with Crippen LogP contribution in [0.1, 0.15) is 6.42 Å². The molecule has 0 spiro atoms. The van der Waals surface area contributed by atoms with Crippen molar-refractivity contribution in [3.63, 3.8) is 0 Å². The summed E-state index contributed by atoms with van der Waals surface area (Å²) in [5, 5.41) is 4.49. The molecular weight excluding hydrogens is 244 g/mol. The van der Waals surface area contributed by atoms with Gasteiger partial charge in [0.2, 0.25) is 0 Å². The van der Waals surface area contributed by atoms with E-state index in [2.05, 4.69) is 30.9 Å². The zero-order valence-electron chi connectivity index (χ0n) is 7.52. The number of rotatable bonds is 1. The van der Waals surface area contributed by atoms with Gasteiger partial charge in [-0.15, -0.1) is 5.10 Å². The van der Waals surface area contributed by atoms with Crippen molar-refractivity contribution in [1.29, 1.82) is 0 Å². The van der Waals surface area contributed by atoms with Gasteiger partial charge < -0.3 is 4.90 Å². The number of anilines is 1. The van der Waals surface area contributed by atoms with Gasteiger partial charge in [0.1, 0.15) is 10.4 Å². The van der Waals surface area contributed by atoms with Crippen molar-refractivity contribution in [3.8, 4) is 0 Å². The molecule has 1 saturated heterocycles. The van der Waals surface area contributed by atoms with Gasteiger partial charge in [-0.2, -0.15) is 0 Å². The molecule has 0 N–H and O–H groups in total. The fraction of sp³-hybridized carbons (Fsp3) is 0.333. The first-order valence-electron chi connectivity index (χ1n) is 4.60. The normalized spacial score (nSPS) is 15.9. The van der Waals surface area contributed by atoms with Crippen molar-refractivity contribution >= 4 is 27.4 Å². The van der Waals surface area contributed by atoms with Gasteiger partial charge in [0, 0.05) is 13.1 Å². The second-order valence-electron chi connectivity index (χ2n) is 3.38. The maximum Gasteiger partial charge on any atom is 0.154 e. The molecule has 0 aromatic carbocycles. The van der Waals surface area contributed by atoms with Gasteiger partial charge in [-0.1, -0.05) is 0 Å². The summed E-state index contributed by atoms with van der Waals surface area (Å²) in [7, 11) is 0. The largest absolute Gasteiger partial charge is 0.355 e. The molecule has 72 valence electrons. The number of fused-ring (bicyclic) bond motifs is 1. The predicted molar refractivity (Wildman–Crippen MR) is 57.5 cm³/mol. The molecule has 2 aromatic heterocycles. The molecule has 3 rings (SSSR count). The summed E-state index contributed by atoms with van der Waals surface area (Å²) in [6, 6.07) is 4.01. The van der Waals surface area contributed by atoms with E-state index in [1.165, 1.54) is 6.42 Å². The average molecular weight is 253 g/mol. The Labute approximate surface area is 89.7 Å². The average Bonchev–Trinajstić information content (AvgIpc) is 2.45.